The number of rotatable bonds is 7. The molecule has 0 radical (unpaired) electrons. The fraction of sp³-hybridized carbons (Fsp3) is 0.600. The van der Waals surface area contributed by atoms with Crippen LogP contribution in [0.2, 0.25) is 0 Å². The van der Waals surface area contributed by atoms with E-state index in [4.69, 9.17) is 0 Å². The van der Waals surface area contributed by atoms with Gasteiger partial charge in [0.25, 0.3) is 0 Å². The minimum absolute atomic E-state index is 0.186. The zero-order valence-electron chi connectivity index (χ0n) is 12.6. The van der Waals surface area contributed by atoms with Crippen molar-refractivity contribution in [2.24, 2.45) is 0 Å². The summed E-state index contributed by atoms with van der Waals surface area (Å²) < 4.78 is 27.5. The van der Waals surface area contributed by atoms with E-state index in [1.54, 1.807) is 12.1 Å². The van der Waals surface area contributed by atoms with Crippen molar-refractivity contribution >= 4 is 21.8 Å². The molecule has 2 N–H and O–H groups in total. The van der Waals surface area contributed by atoms with E-state index in [-0.39, 0.29) is 6.04 Å². The van der Waals surface area contributed by atoms with Crippen LogP contribution in [0.3, 0.4) is 0 Å². The third-order valence-corrected chi connectivity index (χ3v) is 6.67. The van der Waals surface area contributed by atoms with Gasteiger partial charge < -0.3 is 5.32 Å². The van der Waals surface area contributed by atoms with Gasteiger partial charge in [0, 0.05) is 17.8 Å². The van der Waals surface area contributed by atoms with Crippen LogP contribution in [0.15, 0.2) is 29.2 Å². The molecular formula is C15H24N2O2S2. The van der Waals surface area contributed by atoms with E-state index in [0.29, 0.717) is 16.7 Å². The molecule has 2 atom stereocenters. The summed E-state index contributed by atoms with van der Waals surface area (Å²) in [6, 6.07) is 7.40. The Morgan fingerprint density at radius 2 is 2.24 bits per heavy atom. The standard InChI is InChI=1S/C15H24N2O2S2/c1-3-15(16-2)12-6-4-8-14(10-12)21(18,19)17-11-13-7-5-9-20-13/h4,6,8,10,13,15-17H,3,5,7,9,11H2,1-2H3. The second kappa shape index (κ2) is 7.63. The van der Waals surface area contributed by atoms with Crippen molar-refractivity contribution in [1.82, 2.24) is 10.0 Å². The van der Waals surface area contributed by atoms with Crippen molar-refractivity contribution in [3.63, 3.8) is 0 Å². The highest BCUT2D eigenvalue weighted by molar-refractivity contribution is 8.00. The van der Waals surface area contributed by atoms with Crippen molar-refractivity contribution in [1.29, 1.82) is 0 Å². The molecule has 21 heavy (non-hydrogen) atoms. The number of nitrogens with one attached hydrogen (secondary N) is 2. The van der Waals surface area contributed by atoms with Crippen molar-refractivity contribution in [3.05, 3.63) is 29.8 Å². The Balaban J connectivity index is 2.09. The first-order valence-electron chi connectivity index (χ1n) is 7.45. The summed E-state index contributed by atoms with van der Waals surface area (Å²) in [6.45, 7) is 2.61. The van der Waals surface area contributed by atoms with E-state index in [0.717, 1.165) is 24.2 Å². The van der Waals surface area contributed by atoms with Gasteiger partial charge in [0.2, 0.25) is 10.0 Å². The van der Waals surface area contributed by atoms with Crippen LogP contribution in [-0.4, -0.2) is 33.0 Å². The summed E-state index contributed by atoms with van der Waals surface area (Å²) in [4.78, 5) is 0.358. The molecule has 1 saturated heterocycles. The third kappa shape index (κ3) is 4.45. The first-order valence-corrected chi connectivity index (χ1v) is 9.98. The molecule has 1 aliphatic heterocycles. The lowest BCUT2D eigenvalue weighted by Gasteiger charge is -2.16. The molecule has 0 bridgehead atoms. The average molecular weight is 329 g/mol. The number of thioether (sulfide) groups is 1. The maximum Gasteiger partial charge on any atom is 0.240 e. The van der Waals surface area contributed by atoms with Crippen LogP contribution < -0.4 is 10.0 Å². The number of sulfonamides is 1. The van der Waals surface area contributed by atoms with Crippen molar-refractivity contribution in [2.45, 2.75) is 42.4 Å². The number of hydrogen-bond acceptors (Lipinski definition) is 4. The molecule has 0 spiro atoms. The molecule has 1 aromatic carbocycles. The second-order valence-electron chi connectivity index (χ2n) is 5.31. The quantitative estimate of drug-likeness (QED) is 0.807. The number of hydrogen-bond donors (Lipinski definition) is 2. The van der Waals surface area contributed by atoms with Gasteiger partial charge in [-0.3, -0.25) is 0 Å². The molecule has 118 valence electrons. The van der Waals surface area contributed by atoms with Crippen molar-refractivity contribution < 1.29 is 8.42 Å². The van der Waals surface area contributed by atoms with Gasteiger partial charge in [0.1, 0.15) is 0 Å². The van der Waals surface area contributed by atoms with Gasteiger partial charge in [0.15, 0.2) is 0 Å². The summed E-state index contributed by atoms with van der Waals surface area (Å²) in [5, 5.41) is 3.62. The molecule has 1 fully saturated rings. The summed E-state index contributed by atoms with van der Waals surface area (Å²) in [6.07, 6.45) is 3.21. The Labute approximate surface area is 132 Å². The third-order valence-electron chi connectivity index (χ3n) is 3.85. The Morgan fingerprint density at radius 1 is 1.43 bits per heavy atom. The van der Waals surface area contributed by atoms with Crippen molar-refractivity contribution in [2.75, 3.05) is 19.3 Å². The highest BCUT2D eigenvalue weighted by Crippen LogP contribution is 2.26. The summed E-state index contributed by atoms with van der Waals surface area (Å²) in [5.74, 6) is 1.14. The second-order valence-corrected chi connectivity index (χ2v) is 8.48. The van der Waals surface area contributed by atoms with E-state index < -0.39 is 10.0 Å². The normalized spacial score (nSPS) is 20.6. The van der Waals surface area contributed by atoms with E-state index in [1.165, 1.54) is 6.42 Å². The average Bonchev–Trinajstić information content (AvgIpc) is 3.00. The molecular weight excluding hydrogens is 304 g/mol. The van der Waals surface area contributed by atoms with E-state index in [1.807, 2.05) is 30.9 Å². The predicted octanol–water partition coefficient (Wildman–Crippen LogP) is 2.53. The van der Waals surface area contributed by atoms with Gasteiger partial charge in [-0.2, -0.15) is 11.8 Å². The maximum atomic E-state index is 12.4. The molecule has 0 saturated carbocycles. The van der Waals surface area contributed by atoms with Crippen molar-refractivity contribution in [3.8, 4) is 0 Å². The monoisotopic (exact) mass is 328 g/mol. The molecule has 2 rings (SSSR count). The van der Waals surface area contributed by atoms with Gasteiger partial charge in [-0.05, 0) is 49.8 Å². The fourth-order valence-electron chi connectivity index (χ4n) is 2.60. The van der Waals surface area contributed by atoms with E-state index in [2.05, 4.69) is 17.0 Å². The minimum Gasteiger partial charge on any atom is -0.313 e. The van der Waals surface area contributed by atoms with Crippen LogP contribution in [0.5, 0.6) is 0 Å². The predicted molar refractivity (Wildman–Crippen MR) is 89.2 cm³/mol. The highest BCUT2D eigenvalue weighted by Gasteiger charge is 2.20. The van der Waals surface area contributed by atoms with E-state index in [9.17, 15) is 8.42 Å². The molecule has 2 unspecified atom stereocenters. The lowest BCUT2D eigenvalue weighted by atomic mass is 10.1. The molecule has 0 amide bonds. The highest BCUT2D eigenvalue weighted by atomic mass is 32.2. The van der Waals surface area contributed by atoms with Gasteiger partial charge >= 0.3 is 0 Å². The smallest absolute Gasteiger partial charge is 0.240 e. The molecule has 4 nitrogen and oxygen atoms in total. The lowest BCUT2D eigenvalue weighted by Crippen LogP contribution is -2.30. The largest absolute Gasteiger partial charge is 0.313 e. The van der Waals surface area contributed by atoms with Crippen LogP contribution in [0, 0.1) is 0 Å². The fourth-order valence-corrected chi connectivity index (χ4v) is 5.04. The summed E-state index contributed by atoms with van der Waals surface area (Å²) in [7, 11) is -1.52. The summed E-state index contributed by atoms with van der Waals surface area (Å²) >= 11 is 1.86. The van der Waals surface area contributed by atoms with Gasteiger partial charge in [-0.15, -0.1) is 0 Å². The zero-order valence-corrected chi connectivity index (χ0v) is 14.3. The van der Waals surface area contributed by atoms with Crippen LogP contribution in [0.1, 0.15) is 37.8 Å². The SMILES string of the molecule is CCC(NC)c1cccc(S(=O)(=O)NCC2CCCS2)c1. The van der Waals surface area contributed by atoms with Crippen LogP contribution in [0.4, 0.5) is 0 Å². The zero-order chi connectivity index (χ0) is 15.3. The van der Waals surface area contributed by atoms with Crippen LogP contribution in [0.25, 0.3) is 0 Å². The molecule has 1 aromatic rings. The minimum atomic E-state index is -3.41. The van der Waals surface area contributed by atoms with Crippen LogP contribution >= 0.6 is 11.8 Å². The first kappa shape index (κ1) is 16.8. The first-order chi connectivity index (χ1) is 10.1. The molecule has 1 heterocycles. The Hall–Kier alpha value is -0.560. The molecule has 0 aliphatic carbocycles. The van der Waals surface area contributed by atoms with Gasteiger partial charge in [0.05, 0.1) is 4.90 Å². The Kier molecular flexibility index (Phi) is 6.10. The topological polar surface area (TPSA) is 58.2 Å². The van der Waals surface area contributed by atoms with E-state index >= 15 is 0 Å². The summed E-state index contributed by atoms with van der Waals surface area (Å²) in [5.41, 5.74) is 1.01. The Morgan fingerprint density at radius 3 is 2.86 bits per heavy atom. The molecule has 1 aliphatic rings. The lowest BCUT2D eigenvalue weighted by molar-refractivity contribution is 0.570. The molecule has 6 heteroatoms. The molecule has 0 aromatic heterocycles. The number of benzene rings is 1. The van der Waals surface area contributed by atoms with Gasteiger partial charge in [-0.25, -0.2) is 13.1 Å². The maximum absolute atomic E-state index is 12.4. The van der Waals surface area contributed by atoms with Gasteiger partial charge in [-0.1, -0.05) is 19.1 Å². The van der Waals surface area contributed by atoms with Crippen LogP contribution in [-0.2, 0) is 10.0 Å². The Bertz CT molecular complexity index is 551.